The average molecular weight is 386 g/mol. The molecular weight excluding hydrogens is 364 g/mol. The van der Waals surface area contributed by atoms with Crippen LogP contribution in [0, 0.1) is 5.92 Å². The van der Waals surface area contributed by atoms with Crippen LogP contribution in [-0.2, 0) is 16.1 Å². The molecule has 2 amide bonds. The molecule has 0 spiro atoms. The lowest BCUT2D eigenvalue weighted by molar-refractivity contribution is -0.132. The summed E-state index contributed by atoms with van der Waals surface area (Å²) < 4.78 is 0. The third-order valence-electron chi connectivity index (χ3n) is 4.70. The summed E-state index contributed by atoms with van der Waals surface area (Å²) in [5, 5.41) is 11.7. The van der Waals surface area contributed by atoms with Crippen molar-refractivity contribution in [3.63, 3.8) is 0 Å². The zero-order chi connectivity index (χ0) is 19.6. The van der Waals surface area contributed by atoms with Gasteiger partial charge >= 0.3 is 5.97 Å². The van der Waals surface area contributed by atoms with Crippen molar-refractivity contribution < 1.29 is 19.5 Å². The molecule has 6 nitrogen and oxygen atoms in total. The van der Waals surface area contributed by atoms with Crippen LogP contribution in [0.1, 0.15) is 46.3 Å². The lowest BCUT2D eigenvalue weighted by Crippen LogP contribution is -2.36. The van der Waals surface area contributed by atoms with Gasteiger partial charge in [-0.25, -0.2) is 4.79 Å². The van der Waals surface area contributed by atoms with Crippen molar-refractivity contribution in [2.45, 2.75) is 32.7 Å². The smallest absolute Gasteiger partial charge is 0.345 e. The number of thiophene rings is 1. The van der Waals surface area contributed by atoms with Crippen molar-refractivity contribution in [1.29, 1.82) is 0 Å². The number of amides is 2. The molecular formula is C20H22N2O4S. The Bertz CT molecular complexity index is 857. The lowest BCUT2D eigenvalue weighted by atomic mass is 10.0. The van der Waals surface area contributed by atoms with Crippen LogP contribution >= 0.6 is 11.3 Å². The number of nitrogens with one attached hydrogen (secondary N) is 1. The topological polar surface area (TPSA) is 86.7 Å². The molecule has 1 fully saturated rings. The maximum atomic E-state index is 12.7. The van der Waals surface area contributed by atoms with E-state index in [2.05, 4.69) is 19.2 Å². The summed E-state index contributed by atoms with van der Waals surface area (Å²) >= 11 is 1.12. The Balaban J connectivity index is 1.60. The van der Waals surface area contributed by atoms with E-state index in [1.807, 2.05) is 24.3 Å². The van der Waals surface area contributed by atoms with E-state index < -0.39 is 11.9 Å². The van der Waals surface area contributed by atoms with Crippen molar-refractivity contribution in [2.75, 3.05) is 11.4 Å². The standard InChI is InChI=1S/C20H22N2O4S/c1-12(2)13-3-5-14(6-4-13)22-10-9-16(19(22)24)18(23)21-11-15-7-8-17(27-15)20(25)26/h3-8,12,16H,9-11H2,1-2H3,(H,21,23)(H,25,26). The summed E-state index contributed by atoms with van der Waals surface area (Å²) in [6.45, 7) is 4.97. The highest BCUT2D eigenvalue weighted by molar-refractivity contribution is 7.13. The van der Waals surface area contributed by atoms with Gasteiger partial charge in [-0.2, -0.15) is 0 Å². The highest BCUT2D eigenvalue weighted by atomic mass is 32.1. The van der Waals surface area contributed by atoms with E-state index >= 15 is 0 Å². The zero-order valence-corrected chi connectivity index (χ0v) is 16.1. The summed E-state index contributed by atoms with van der Waals surface area (Å²) in [6, 6.07) is 11.1. The van der Waals surface area contributed by atoms with Crippen LogP contribution in [-0.4, -0.2) is 29.4 Å². The number of carbonyl (C=O) groups excluding carboxylic acids is 2. The molecule has 2 heterocycles. The Morgan fingerprint density at radius 3 is 2.52 bits per heavy atom. The molecule has 1 aliphatic rings. The monoisotopic (exact) mass is 386 g/mol. The van der Waals surface area contributed by atoms with E-state index in [0.29, 0.717) is 18.9 Å². The highest BCUT2D eigenvalue weighted by Gasteiger charge is 2.37. The molecule has 2 N–H and O–H groups in total. The number of anilines is 1. The number of carboxylic acid groups (broad SMARTS) is 1. The van der Waals surface area contributed by atoms with Crippen LogP contribution < -0.4 is 10.2 Å². The molecule has 1 unspecified atom stereocenters. The van der Waals surface area contributed by atoms with E-state index in [1.165, 1.54) is 11.6 Å². The van der Waals surface area contributed by atoms with Crippen LogP contribution in [0.3, 0.4) is 0 Å². The first-order valence-electron chi connectivity index (χ1n) is 8.88. The quantitative estimate of drug-likeness (QED) is 0.746. The summed E-state index contributed by atoms with van der Waals surface area (Å²) in [5.41, 5.74) is 2.01. The second-order valence-electron chi connectivity index (χ2n) is 6.87. The number of carbonyl (C=O) groups is 3. The van der Waals surface area contributed by atoms with Gasteiger partial charge < -0.3 is 15.3 Å². The van der Waals surface area contributed by atoms with Gasteiger partial charge in [0.25, 0.3) is 0 Å². The normalized spacial score (nSPS) is 16.8. The summed E-state index contributed by atoms with van der Waals surface area (Å²) in [5.74, 6) is -1.77. The highest BCUT2D eigenvalue weighted by Crippen LogP contribution is 2.27. The maximum Gasteiger partial charge on any atom is 0.345 e. The van der Waals surface area contributed by atoms with Crippen LogP contribution in [0.4, 0.5) is 5.69 Å². The Kier molecular flexibility index (Phi) is 5.60. The molecule has 0 aliphatic carbocycles. The van der Waals surface area contributed by atoms with Gasteiger partial charge in [-0.15, -0.1) is 11.3 Å². The predicted octanol–water partition coefficient (Wildman–Crippen LogP) is 3.24. The first kappa shape index (κ1) is 19.1. The summed E-state index contributed by atoms with van der Waals surface area (Å²) in [4.78, 5) is 38.6. The largest absolute Gasteiger partial charge is 0.477 e. The van der Waals surface area contributed by atoms with Gasteiger partial charge in [0, 0.05) is 17.1 Å². The first-order chi connectivity index (χ1) is 12.9. The number of rotatable bonds is 6. The van der Waals surface area contributed by atoms with E-state index in [-0.39, 0.29) is 23.2 Å². The SMILES string of the molecule is CC(C)c1ccc(N2CCC(C(=O)NCc3ccc(C(=O)O)s3)C2=O)cc1. The van der Waals surface area contributed by atoms with Crippen LogP contribution in [0.5, 0.6) is 0 Å². The molecule has 1 aromatic heterocycles. The van der Waals surface area contributed by atoms with Gasteiger partial charge in [0.15, 0.2) is 0 Å². The molecule has 7 heteroatoms. The van der Waals surface area contributed by atoms with Crippen molar-refractivity contribution in [2.24, 2.45) is 5.92 Å². The number of nitrogens with zero attached hydrogens (tertiary/aromatic N) is 1. The molecule has 1 atom stereocenters. The summed E-state index contributed by atoms with van der Waals surface area (Å²) in [7, 11) is 0. The van der Waals surface area contributed by atoms with Crippen LogP contribution in [0.25, 0.3) is 0 Å². The third kappa shape index (κ3) is 4.19. The second kappa shape index (κ2) is 7.92. The summed E-state index contributed by atoms with van der Waals surface area (Å²) in [6.07, 6.45) is 0.474. The molecule has 142 valence electrons. The minimum atomic E-state index is -0.984. The Labute approximate surface area is 161 Å². The van der Waals surface area contributed by atoms with Crippen LogP contribution in [0.15, 0.2) is 36.4 Å². The zero-order valence-electron chi connectivity index (χ0n) is 15.3. The molecule has 3 rings (SSSR count). The Hall–Kier alpha value is -2.67. The minimum Gasteiger partial charge on any atom is -0.477 e. The van der Waals surface area contributed by atoms with E-state index in [4.69, 9.17) is 5.11 Å². The van der Waals surface area contributed by atoms with E-state index in [9.17, 15) is 14.4 Å². The number of hydrogen-bond donors (Lipinski definition) is 2. The van der Waals surface area contributed by atoms with E-state index in [1.54, 1.807) is 11.0 Å². The molecule has 27 heavy (non-hydrogen) atoms. The first-order valence-corrected chi connectivity index (χ1v) is 9.69. The predicted molar refractivity (Wildman–Crippen MR) is 104 cm³/mol. The number of benzene rings is 1. The fourth-order valence-corrected chi connectivity index (χ4v) is 3.89. The van der Waals surface area contributed by atoms with Gasteiger partial charge in [-0.05, 0) is 42.2 Å². The van der Waals surface area contributed by atoms with Crippen molar-refractivity contribution >= 4 is 34.8 Å². The molecule has 0 radical (unpaired) electrons. The Morgan fingerprint density at radius 1 is 1.22 bits per heavy atom. The molecule has 1 saturated heterocycles. The molecule has 2 aromatic rings. The molecule has 0 saturated carbocycles. The van der Waals surface area contributed by atoms with Gasteiger partial charge in [0.2, 0.25) is 11.8 Å². The number of carboxylic acids is 1. The average Bonchev–Trinajstić information content (AvgIpc) is 3.27. The van der Waals surface area contributed by atoms with Crippen molar-refractivity contribution in [3.05, 3.63) is 51.7 Å². The Morgan fingerprint density at radius 2 is 1.93 bits per heavy atom. The number of hydrogen-bond acceptors (Lipinski definition) is 4. The maximum absolute atomic E-state index is 12.7. The van der Waals surface area contributed by atoms with E-state index in [0.717, 1.165) is 21.9 Å². The van der Waals surface area contributed by atoms with Crippen molar-refractivity contribution in [3.8, 4) is 0 Å². The second-order valence-corrected chi connectivity index (χ2v) is 8.03. The fraction of sp³-hybridized carbons (Fsp3) is 0.350. The van der Waals surface area contributed by atoms with Crippen molar-refractivity contribution in [1.82, 2.24) is 5.32 Å². The van der Waals surface area contributed by atoms with Gasteiger partial charge in [-0.3, -0.25) is 9.59 Å². The third-order valence-corrected chi connectivity index (χ3v) is 5.78. The fourth-order valence-electron chi connectivity index (χ4n) is 3.10. The molecule has 1 aromatic carbocycles. The minimum absolute atomic E-state index is 0.192. The lowest BCUT2D eigenvalue weighted by Gasteiger charge is -2.17. The van der Waals surface area contributed by atoms with Gasteiger partial charge in [0.05, 0.1) is 6.54 Å². The molecule has 1 aliphatic heterocycles. The van der Waals surface area contributed by atoms with Gasteiger partial charge in [0.1, 0.15) is 10.8 Å². The molecule has 0 bridgehead atoms. The number of aromatic carboxylic acids is 1. The van der Waals surface area contributed by atoms with Gasteiger partial charge in [-0.1, -0.05) is 26.0 Å². The van der Waals surface area contributed by atoms with Crippen LogP contribution in [0.2, 0.25) is 0 Å².